The number of halogens is 2. The molecule has 0 aliphatic heterocycles. The third kappa shape index (κ3) is 3.08. The quantitative estimate of drug-likeness (QED) is 0.848. The van der Waals surface area contributed by atoms with Gasteiger partial charge in [0.25, 0.3) is 0 Å². The fourth-order valence-corrected chi connectivity index (χ4v) is 3.18. The van der Waals surface area contributed by atoms with E-state index < -0.39 is 11.6 Å². The normalized spacial score (nSPS) is 18.2. The van der Waals surface area contributed by atoms with E-state index in [2.05, 4.69) is 0 Å². The first-order valence-corrected chi connectivity index (χ1v) is 6.79. The van der Waals surface area contributed by atoms with Gasteiger partial charge < -0.3 is 5.73 Å². The Kier molecular flexibility index (Phi) is 4.33. The van der Waals surface area contributed by atoms with Crippen LogP contribution in [0, 0.1) is 17.0 Å². The van der Waals surface area contributed by atoms with Crippen molar-refractivity contribution in [3.05, 3.63) is 35.4 Å². The number of nitrogens with two attached hydrogens (primary N) is 1. The van der Waals surface area contributed by atoms with Gasteiger partial charge in [-0.15, -0.1) is 0 Å². The summed E-state index contributed by atoms with van der Waals surface area (Å²) in [6.07, 6.45) is 7.59. The smallest absolute Gasteiger partial charge is 0.129 e. The van der Waals surface area contributed by atoms with E-state index in [0.717, 1.165) is 18.9 Å². The predicted octanol–water partition coefficient (Wildman–Crippen LogP) is 3.81. The molecule has 0 spiro atoms. The molecule has 1 nitrogen and oxygen atoms in total. The topological polar surface area (TPSA) is 26.0 Å². The minimum Gasteiger partial charge on any atom is -0.330 e. The van der Waals surface area contributed by atoms with Crippen LogP contribution in [0.4, 0.5) is 8.78 Å². The highest BCUT2D eigenvalue weighted by Crippen LogP contribution is 2.44. The third-order valence-electron chi connectivity index (χ3n) is 4.28. The van der Waals surface area contributed by atoms with Crippen LogP contribution in [-0.4, -0.2) is 6.54 Å². The zero-order chi connectivity index (χ0) is 13.0. The van der Waals surface area contributed by atoms with Gasteiger partial charge in [0.1, 0.15) is 11.6 Å². The summed E-state index contributed by atoms with van der Waals surface area (Å²) in [5.41, 5.74) is 6.61. The SMILES string of the molecule is NCCC1(CCc2ccc(F)cc2F)CCCC1. The summed E-state index contributed by atoms with van der Waals surface area (Å²) in [4.78, 5) is 0. The van der Waals surface area contributed by atoms with Crippen LogP contribution in [0.3, 0.4) is 0 Å². The molecule has 2 rings (SSSR count). The molecule has 100 valence electrons. The molecule has 0 heterocycles. The highest BCUT2D eigenvalue weighted by Gasteiger charge is 2.32. The van der Waals surface area contributed by atoms with Crippen molar-refractivity contribution in [1.82, 2.24) is 0 Å². The van der Waals surface area contributed by atoms with Crippen molar-refractivity contribution in [2.45, 2.75) is 44.9 Å². The van der Waals surface area contributed by atoms with E-state index in [4.69, 9.17) is 5.73 Å². The molecular formula is C15H21F2N. The Morgan fingerprint density at radius 3 is 2.44 bits per heavy atom. The van der Waals surface area contributed by atoms with E-state index in [1.165, 1.54) is 31.7 Å². The summed E-state index contributed by atoms with van der Waals surface area (Å²) in [7, 11) is 0. The standard InChI is InChI=1S/C15H21F2N/c16-13-4-3-12(14(17)11-13)5-8-15(9-10-18)6-1-2-7-15/h3-4,11H,1-2,5-10,18H2. The van der Waals surface area contributed by atoms with E-state index in [9.17, 15) is 8.78 Å². The van der Waals surface area contributed by atoms with Crippen molar-refractivity contribution in [2.24, 2.45) is 11.1 Å². The Morgan fingerprint density at radius 2 is 1.83 bits per heavy atom. The van der Waals surface area contributed by atoms with Crippen LogP contribution in [0.2, 0.25) is 0 Å². The maximum absolute atomic E-state index is 13.6. The lowest BCUT2D eigenvalue weighted by Crippen LogP contribution is -2.22. The van der Waals surface area contributed by atoms with Gasteiger partial charge >= 0.3 is 0 Å². The summed E-state index contributed by atoms with van der Waals surface area (Å²) in [5, 5.41) is 0. The minimum atomic E-state index is -0.506. The summed E-state index contributed by atoms with van der Waals surface area (Å²) in [6, 6.07) is 3.87. The lowest BCUT2D eigenvalue weighted by molar-refractivity contribution is 0.252. The molecule has 0 saturated heterocycles. The number of benzene rings is 1. The van der Waals surface area contributed by atoms with Gasteiger partial charge in [-0.3, -0.25) is 0 Å². The maximum Gasteiger partial charge on any atom is 0.129 e. The zero-order valence-corrected chi connectivity index (χ0v) is 10.7. The molecule has 1 aliphatic rings. The van der Waals surface area contributed by atoms with Gasteiger partial charge in [-0.05, 0) is 55.7 Å². The molecule has 1 aromatic rings. The van der Waals surface area contributed by atoms with Gasteiger partial charge in [-0.25, -0.2) is 8.78 Å². The van der Waals surface area contributed by atoms with Gasteiger partial charge in [0.05, 0.1) is 0 Å². The lowest BCUT2D eigenvalue weighted by atomic mass is 9.77. The van der Waals surface area contributed by atoms with Gasteiger partial charge in [0, 0.05) is 6.07 Å². The first-order valence-electron chi connectivity index (χ1n) is 6.79. The third-order valence-corrected chi connectivity index (χ3v) is 4.28. The molecular weight excluding hydrogens is 232 g/mol. The van der Waals surface area contributed by atoms with E-state index in [-0.39, 0.29) is 0 Å². The summed E-state index contributed by atoms with van der Waals surface area (Å²) in [6.45, 7) is 0.700. The monoisotopic (exact) mass is 253 g/mol. The molecule has 0 radical (unpaired) electrons. The Bertz CT molecular complexity index is 397. The largest absolute Gasteiger partial charge is 0.330 e. The van der Waals surface area contributed by atoms with Crippen molar-refractivity contribution < 1.29 is 8.78 Å². The van der Waals surface area contributed by atoms with Crippen molar-refractivity contribution in [2.75, 3.05) is 6.54 Å². The van der Waals surface area contributed by atoms with E-state index in [1.807, 2.05) is 0 Å². The maximum atomic E-state index is 13.6. The molecule has 1 fully saturated rings. The second-order valence-electron chi connectivity index (χ2n) is 5.48. The lowest BCUT2D eigenvalue weighted by Gasteiger charge is -2.28. The molecule has 18 heavy (non-hydrogen) atoms. The predicted molar refractivity (Wildman–Crippen MR) is 69.3 cm³/mol. The minimum absolute atomic E-state index is 0.301. The van der Waals surface area contributed by atoms with Crippen LogP contribution in [0.15, 0.2) is 18.2 Å². The fourth-order valence-electron chi connectivity index (χ4n) is 3.18. The number of hydrogen-bond donors (Lipinski definition) is 1. The Labute approximate surface area is 107 Å². The Hall–Kier alpha value is -0.960. The average molecular weight is 253 g/mol. The molecule has 1 aromatic carbocycles. The molecule has 1 saturated carbocycles. The van der Waals surface area contributed by atoms with Crippen LogP contribution in [0.5, 0.6) is 0 Å². The Balaban J connectivity index is 2.01. The number of aryl methyl sites for hydroxylation is 1. The van der Waals surface area contributed by atoms with Gasteiger partial charge in [-0.2, -0.15) is 0 Å². The van der Waals surface area contributed by atoms with Crippen LogP contribution < -0.4 is 5.73 Å². The average Bonchev–Trinajstić information content (AvgIpc) is 2.77. The van der Waals surface area contributed by atoms with Crippen LogP contribution in [0.1, 0.15) is 44.1 Å². The first-order chi connectivity index (χ1) is 8.65. The highest BCUT2D eigenvalue weighted by atomic mass is 19.1. The van der Waals surface area contributed by atoms with Crippen LogP contribution in [0.25, 0.3) is 0 Å². The second-order valence-corrected chi connectivity index (χ2v) is 5.48. The highest BCUT2D eigenvalue weighted by molar-refractivity contribution is 5.19. The summed E-state index contributed by atoms with van der Waals surface area (Å²) >= 11 is 0. The molecule has 0 atom stereocenters. The Morgan fingerprint density at radius 1 is 1.11 bits per heavy atom. The van der Waals surface area contributed by atoms with Crippen LogP contribution in [-0.2, 0) is 6.42 Å². The summed E-state index contributed by atoms with van der Waals surface area (Å²) in [5.74, 6) is -0.926. The number of rotatable bonds is 5. The fraction of sp³-hybridized carbons (Fsp3) is 0.600. The van der Waals surface area contributed by atoms with Crippen molar-refractivity contribution in [3.8, 4) is 0 Å². The van der Waals surface area contributed by atoms with Crippen LogP contribution >= 0.6 is 0 Å². The van der Waals surface area contributed by atoms with Gasteiger partial charge in [0.15, 0.2) is 0 Å². The molecule has 0 aromatic heterocycles. The van der Waals surface area contributed by atoms with Gasteiger partial charge in [0.2, 0.25) is 0 Å². The van der Waals surface area contributed by atoms with Crippen molar-refractivity contribution in [1.29, 1.82) is 0 Å². The molecule has 3 heteroatoms. The summed E-state index contributed by atoms with van der Waals surface area (Å²) < 4.78 is 26.4. The van der Waals surface area contributed by atoms with Crippen molar-refractivity contribution in [3.63, 3.8) is 0 Å². The van der Waals surface area contributed by atoms with E-state index in [0.29, 0.717) is 23.9 Å². The van der Waals surface area contributed by atoms with Gasteiger partial charge in [-0.1, -0.05) is 18.9 Å². The van der Waals surface area contributed by atoms with E-state index in [1.54, 1.807) is 6.07 Å². The molecule has 1 aliphatic carbocycles. The van der Waals surface area contributed by atoms with Crippen molar-refractivity contribution >= 4 is 0 Å². The molecule has 2 N–H and O–H groups in total. The molecule has 0 unspecified atom stereocenters. The molecule has 0 bridgehead atoms. The second kappa shape index (κ2) is 5.79. The van der Waals surface area contributed by atoms with E-state index >= 15 is 0 Å². The zero-order valence-electron chi connectivity index (χ0n) is 10.7. The molecule has 0 amide bonds. The first kappa shape index (κ1) is 13.5. The number of hydrogen-bond acceptors (Lipinski definition) is 1.